The summed E-state index contributed by atoms with van der Waals surface area (Å²) in [5, 5.41) is 0. The molecule has 0 bridgehead atoms. The summed E-state index contributed by atoms with van der Waals surface area (Å²) in [5.41, 5.74) is -1.43. The first kappa shape index (κ1) is 18.3. The summed E-state index contributed by atoms with van der Waals surface area (Å²) in [5.74, 6) is 0.0135. The largest absolute Gasteiger partial charge is 0.494 e. The van der Waals surface area contributed by atoms with Crippen LogP contribution < -0.4 is 4.74 Å². The van der Waals surface area contributed by atoms with Gasteiger partial charge in [0, 0.05) is 0 Å². The summed E-state index contributed by atoms with van der Waals surface area (Å²) in [4.78, 5) is 11.9. The molecule has 0 unspecified atom stereocenters. The number of benzene rings is 1. The fourth-order valence-electron chi connectivity index (χ4n) is 1.64. The number of alkyl halides is 3. The molecule has 0 aromatic heterocycles. The first-order valence-electron chi connectivity index (χ1n) is 7.03. The summed E-state index contributed by atoms with van der Waals surface area (Å²) in [7, 11) is 0. The summed E-state index contributed by atoms with van der Waals surface area (Å²) < 4.78 is 47.8. The van der Waals surface area contributed by atoms with Crippen molar-refractivity contribution in [3.8, 4) is 5.75 Å². The molecule has 0 saturated heterocycles. The van der Waals surface area contributed by atoms with Crippen molar-refractivity contribution in [2.75, 3.05) is 6.61 Å². The van der Waals surface area contributed by atoms with E-state index in [1.807, 2.05) is 0 Å². The van der Waals surface area contributed by atoms with Crippen LogP contribution in [0.1, 0.15) is 39.7 Å². The van der Waals surface area contributed by atoms with E-state index >= 15 is 0 Å². The van der Waals surface area contributed by atoms with Crippen LogP contribution in [0.5, 0.6) is 5.75 Å². The smallest absolute Gasteiger partial charge is 0.416 e. The zero-order valence-electron chi connectivity index (χ0n) is 13.2. The van der Waals surface area contributed by atoms with Gasteiger partial charge >= 0.3 is 12.1 Å². The number of ether oxygens (including phenoxy) is 2. The fourth-order valence-corrected chi connectivity index (χ4v) is 1.64. The van der Waals surface area contributed by atoms with Crippen molar-refractivity contribution in [1.82, 2.24) is 0 Å². The third-order valence-corrected chi connectivity index (χ3v) is 3.07. The van der Waals surface area contributed by atoms with Crippen molar-refractivity contribution >= 4 is 5.97 Å². The van der Waals surface area contributed by atoms with Crippen LogP contribution in [0.2, 0.25) is 0 Å². The highest BCUT2D eigenvalue weighted by Gasteiger charge is 2.31. The zero-order chi connectivity index (χ0) is 17.0. The molecule has 0 aliphatic rings. The van der Waals surface area contributed by atoms with Gasteiger partial charge in [-0.1, -0.05) is 0 Å². The Morgan fingerprint density at radius 3 is 2.14 bits per heavy atom. The van der Waals surface area contributed by atoms with E-state index in [2.05, 4.69) is 0 Å². The lowest BCUT2D eigenvalue weighted by molar-refractivity contribution is -0.158. The number of carbonyl (C=O) groups is 1. The van der Waals surface area contributed by atoms with E-state index in [1.54, 1.807) is 27.7 Å². The summed E-state index contributed by atoms with van der Waals surface area (Å²) in [6.07, 6.45) is -4.15. The van der Waals surface area contributed by atoms with Crippen LogP contribution in [0.15, 0.2) is 24.3 Å². The van der Waals surface area contributed by atoms with Gasteiger partial charge in [-0.3, -0.25) is 4.79 Å². The third kappa shape index (κ3) is 5.58. The average Bonchev–Trinajstić information content (AvgIpc) is 2.37. The van der Waals surface area contributed by atoms with Crippen LogP contribution >= 0.6 is 0 Å². The summed E-state index contributed by atoms with van der Waals surface area (Å²) in [6.45, 7) is 7.24. The summed E-state index contributed by atoms with van der Waals surface area (Å²) >= 11 is 0. The molecule has 6 heteroatoms. The minimum atomic E-state index is -4.36. The zero-order valence-corrected chi connectivity index (χ0v) is 13.2. The van der Waals surface area contributed by atoms with Crippen LogP contribution in [0.3, 0.4) is 0 Å². The first-order chi connectivity index (χ1) is 10.0. The maximum absolute atomic E-state index is 12.4. The fraction of sp³-hybridized carbons (Fsp3) is 0.562. The molecule has 0 saturated carbocycles. The van der Waals surface area contributed by atoms with Gasteiger partial charge < -0.3 is 9.47 Å². The van der Waals surface area contributed by atoms with Gasteiger partial charge in [-0.05, 0) is 58.4 Å². The number of halogens is 3. The Bertz CT molecular complexity index is 490. The van der Waals surface area contributed by atoms with Crippen molar-refractivity contribution in [3.63, 3.8) is 0 Å². The Morgan fingerprint density at radius 2 is 1.68 bits per heavy atom. The minimum Gasteiger partial charge on any atom is -0.494 e. The van der Waals surface area contributed by atoms with E-state index in [0.29, 0.717) is 12.2 Å². The Balaban J connectivity index is 2.51. The topological polar surface area (TPSA) is 35.5 Å². The molecule has 1 rings (SSSR count). The minimum absolute atomic E-state index is 0.192. The molecule has 0 N–H and O–H groups in total. The molecule has 0 spiro atoms. The van der Waals surface area contributed by atoms with Gasteiger partial charge in [-0.25, -0.2) is 0 Å². The second kappa shape index (κ2) is 7.03. The number of esters is 1. The highest BCUT2D eigenvalue weighted by atomic mass is 19.4. The standard InChI is InChI=1S/C16H21F3O3/c1-11(2)22-14(20)15(3,4)9-10-21-13-7-5-12(6-8-13)16(17,18)19/h5-8,11H,9-10H2,1-4H3. The molecule has 3 nitrogen and oxygen atoms in total. The maximum Gasteiger partial charge on any atom is 0.416 e. The van der Waals surface area contributed by atoms with Crippen molar-refractivity contribution in [1.29, 1.82) is 0 Å². The van der Waals surface area contributed by atoms with Gasteiger partial charge in [0.25, 0.3) is 0 Å². The van der Waals surface area contributed by atoms with Crippen molar-refractivity contribution in [2.24, 2.45) is 5.41 Å². The van der Waals surface area contributed by atoms with Gasteiger partial charge in [0.05, 0.1) is 23.7 Å². The Labute approximate surface area is 128 Å². The molecule has 1 aromatic carbocycles. The number of hydrogen-bond acceptors (Lipinski definition) is 3. The van der Waals surface area contributed by atoms with E-state index in [-0.39, 0.29) is 18.7 Å². The second-order valence-electron chi connectivity index (χ2n) is 5.96. The lowest BCUT2D eigenvalue weighted by atomic mass is 9.90. The van der Waals surface area contributed by atoms with E-state index in [9.17, 15) is 18.0 Å². The van der Waals surface area contributed by atoms with Crippen LogP contribution in [0.4, 0.5) is 13.2 Å². The molecule has 0 atom stereocenters. The molecule has 124 valence electrons. The first-order valence-corrected chi connectivity index (χ1v) is 7.03. The van der Waals surface area contributed by atoms with Gasteiger partial charge in [0.1, 0.15) is 5.75 Å². The van der Waals surface area contributed by atoms with Crippen molar-refractivity contribution in [2.45, 2.75) is 46.4 Å². The number of carbonyl (C=O) groups excluding carboxylic acids is 1. The van der Waals surface area contributed by atoms with Gasteiger partial charge in [-0.15, -0.1) is 0 Å². The van der Waals surface area contributed by atoms with Crippen LogP contribution in [0, 0.1) is 5.41 Å². The highest BCUT2D eigenvalue weighted by Crippen LogP contribution is 2.30. The van der Waals surface area contributed by atoms with Crippen LogP contribution in [-0.4, -0.2) is 18.7 Å². The molecule has 0 aliphatic carbocycles. The highest BCUT2D eigenvalue weighted by molar-refractivity contribution is 5.76. The Hall–Kier alpha value is -1.72. The van der Waals surface area contributed by atoms with Crippen molar-refractivity contribution in [3.05, 3.63) is 29.8 Å². The van der Waals surface area contributed by atoms with Gasteiger partial charge in [0.15, 0.2) is 0 Å². The van der Waals surface area contributed by atoms with Gasteiger partial charge in [-0.2, -0.15) is 13.2 Å². The molecule has 1 aromatic rings. The van der Waals surface area contributed by atoms with Crippen molar-refractivity contribution < 1.29 is 27.4 Å². The van der Waals surface area contributed by atoms with E-state index in [4.69, 9.17) is 9.47 Å². The lowest BCUT2D eigenvalue weighted by Crippen LogP contribution is -2.30. The lowest BCUT2D eigenvalue weighted by Gasteiger charge is -2.23. The summed E-state index contributed by atoms with van der Waals surface area (Å²) in [6, 6.07) is 4.46. The molecular formula is C16H21F3O3. The third-order valence-electron chi connectivity index (χ3n) is 3.07. The maximum atomic E-state index is 12.4. The van der Waals surface area contributed by atoms with E-state index in [1.165, 1.54) is 12.1 Å². The second-order valence-corrected chi connectivity index (χ2v) is 5.96. The van der Waals surface area contributed by atoms with Crippen LogP contribution in [0.25, 0.3) is 0 Å². The molecule has 0 radical (unpaired) electrons. The van der Waals surface area contributed by atoms with E-state index < -0.39 is 17.2 Å². The molecule has 0 heterocycles. The normalized spacial score (nSPS) is 12.4. The molecule has 22 heavy (non-hydrogen) atoms. The Kier molecular flexibility index (Phi) is 5.85. The monoisotopic (exact) mass is 318 g/mol. The van der Waals surface area contributed by atoms with Crippen LogP contribution in [-0.2, 0) is 15.7 Å². The van der Waals surface area contributed by atoms with E-state index in [0.717, 1.165) is 12.1 Å². The average molecular weight is 318 g/mol. The predicted octanol–water partition coefficient (Wildman–Crippen LogP) is 4.45. The molecule has 0 amide bonds. The molecular weight excluding hydrogens is 297 g/mol. The SMILES string of the molecule is CC(C)OC(=O)C(C)(C)CCOc1ccc(C(F)(F)F)cc1. The Morgan fingerprint density at radius 1 is 1.14 bits per heavy atom. The predicted molar refractivity (Wildman–Crippen MR) is 76.6 cm³/mol. The van der Waals surface area contributed by atoms with Gasteiger partial charge in [0.2, 0.25) is 0 Å². The molecule has 0 aliphatic heterocycles. The molecule has 0 fully saturated rings. The quantitative estimate of drug-likeness (QED) is 0.727. The number of rotatable bonds is 6. The number of hydrogen-bond donors (Lipinski definition) is 0.